The molecule has 0 aliphatic rings. The molecule has 0 saturated carbocycles. The topological polar surface area (TPSA) is 102 Å². The summed E-state index contributed by atoms with van der Waals surface area (Å²) in [6.07, 6.45) is 1.37. The third kappa shape index (κ3) is 4.43. The van der Waals surface area contributed by atoms with Crippen LogP contribution in [0.2, 0.25) is 10.0 Å². The van der Waals surface area contributed by atoms with Crippen LogP contribution < -0.4 is 15.6 Å². The maximum absolute atomic E-state index is 14.0. The van der Waals surface area contributed by atoms with E-state index >= 15 is 0 Å². The van der Waals surface area contributed by atoms with E-state index in [0.29, 0.717) is 16.5 Å². The first-order valence-electron chi connectivity index (χ1n) is 9.05. The number of nitrogens with zero attached hydrogens (tertiary/aromatic N) is 3. The molecule has 2 N–H and O–H groups in total. The first-order valence-corrected chi connectivity index (χ1v) is 10.8. The maximum Gasteiger partial charge on any atom is 0.269 e. The van der Waals surface area contributed by atoms with E-state index < -0.39 is 17.3 Å². The van der Waals surface area contributed by atoms with Crippen molar-refractivity contribution < 1.29 is 13.9 Å². The van der Waals surface area contributed by atoms with E-state index in [4.69, 9.17) is 27.9 Å². The summed E-state index contributed by atoms with van der Waals surface area (Å²) >= 11 is 13.0. The average Bonchev–Trinajstić information content (AvgIpc) is 3.23. The lowest BCUT2D eigenvalue weighted by atomic mass is 10.3. The molecule has 0 bridgehead atoms. The lowest BCUT2D eigenvalue weighted by Gasteiger charge is -2.13. The fourth-order valence-electron chi connectivity index (χ4n) is 2.90. The second kappa shape index (κ2) is 9.19. The van der Waals surface area contributed by atoms with Gasteiger partial charge in [0.05, 0.1) is 35.5 Å². The van der Waals surface area contributed by atoms with Crippen molar-refractivity contribution in [2.75, 3.05) is 18.2 Å². The summed E-state index contributed by atoms with van der Waals surface area (Å²) in [4.78, 5) is 29.9. The van der Waals surface area contributed by atoms with Crippen LogP contribution in [0.15, 0.2) is 52.5 Å². The summed E-state index contributed by atoms with van der Waals surface area (Å²) in [5.41, 5.74) is 0.313. The van der Waals surface area contributed by atoms with Crippen LogP contribution in [-0.2, 0) is 4.79 Å². The summed E-state index contributed by atoms with van der Waals surface area (Å²) < 4.78 is 20.4. The highest BCUT2D eigenvalue weighted by Gasteiger charge is 2.17. The fraction of sp³-hybridized carbons (Fsp3) is 0.100. The molecular weight excluding hydrogens is 480 g/mol. The Bertz CT molecular complexity index is 1390. The van der Waals surface area contributed by atoms with Crippen LogP contribution in [0.5, 0.6) is 5.75 Å². The molecule has 4 aromatic rings. The minimum atomic E-state index is -0.655. The van der Waals surface area contributed by atoms with Crippen molar-refractivity contribution in [3.8, 4) is 11.4 Å². The number of H-pyrrole nitrogens is 1. The van der Waals surface area contributed by atoms with Crippen LogP contribution in [-0.4, -0.2) is 38.5 Å². The predicted octanol–water partition coefficient (Wildman–Crippen LogP) is 4.29. The number of ether oxygens (including phenoxy) is 1. The minimum absolute atomic E-state index is 0.00342. The number of fused-ring (bicyclic) bond motifs is 1. The van der Waals surface area contributed by atoms with Gasteiger partial charge in [0.1, 0.15) is 17.0 Å². The number of methoxy groups -OCH3 is 1. The molecule has 0 saturated heterocycles. The third-order valence-corrected chi connectivity index (χ3v) is 5.85. The molecule has 0 aliphatic heterocycles. The zero-order valence-electron chi connectivity index (χ0n) is 16.4. The lowest BCUT2D eigenvalue weighted by molar-refractivity contribution is -0.113. The van der Waals surface area contributed by atoms with Crippen LogP contribution in [0.25, 0.3) is 16.7 Å². The molecule has 0 unspecified atom stereocenters. The van der Waals surface area contributed by atoms with Gasteiger partial charge >= 0.3 is 0 Å². The minimum Gasteiger partial charge on any atom is -0.495 e. The highest BCUT2D eigenvalue weighted by atomic mass is 35.5. The summed E-state index contributed by atoms with van der Waals surface area (Å²) in [5.74, 6) is -0.843. The number of amides is 1. The molecule has 4 rings (SSSR count). The molecule has 0 atom stereocenters. The number of benzene rings is 2. The normalized spacial score (nSPS) is 11.0. The van der Waals surface area contributed by atoms with Crippen LogP contribution >= 0.6 is 35.0 Å². The maximum atomic E-state index is 14.0. The van der Waals surface area contributed by atoms with Gasteiger partial charge in [-0.3, -0.25) is 19.3 Å². The molecule has 0 spiro atoms. The largest absolute Gasteiger partial charge is 0.495 e. The Balaban J connectivity index is 1.66. The van der Waals surface area contributed by atoms with Crippen LogP contribution in [0.4, 0.5) is 10.1 Å². The number of hydrogen-bond acceptors (Lipinski definition) is 6. The van der Waals surface area contributed by atoms with Crippen molar-refractivity contribution in [1.29, 1.82) is 0 Å². The van der Waals surface area contributed by atoms with Gasteiger partial charge in [-0.05, 0) is 36.4 Å². The van der Waals surface area contributed by atoms with Crippen molar-refractivity contribution >= 4 is 57.6 Å². The second-order valence-corrected chi connectivity index (χ2v) is 8.23. The zero-order valence-corrected chi connectivity index (χ0v) is 18.7. The highest BCUT2D eigenvalue weighted by Crippen LogP contribution is 2.28. The average molecular weight is 494 g/mol. The van der Waals surface area contributed by atoms with Crippen LogP contribution in [0.1, 0.15) is 0 Å². The standard InChI is InChI=1S/C20H14Cl2FN5O3S/c1-31-16-5-3-11(7-13(16)22)28-19(30)12-8-24-27-18(12)26-20(28)32-9-17(29)25-15-4-2-10(21)6-14(15)23/h2-8H,9H2,1H3,(H,24,27)(H,25,29). The number of nitrogens with one attached hydrogen (secondary N) is 2. The van der Waals surface area contributed by atoms with Crippen molar-refractivity contribution in [3.63, 3.8) is 0 Å². The molecule has 0 fully saturated rings. The summed E-state index contributed by atoms with van der Waals surface area (Å²) in [6, 6.07) is 8.75. The zero-order chi connectivity index (χ0) is 22.8. The van der Waals surface area contributed by atoms with Crippen LogP contribution in [0.3, 0.4) is 0 Å². The van der Waals surface area contributed by atoms with Gasteiger partial charge in [0.2, 0.25) is 5.91 Å². The molecule has 2 aromatic carbocycles. The van der Waals surface area contributed by atoms with Crippen molar-refractivity contribution in [2.24, 2.45) is 0 Å². The van der Waals surface area contributed by atoms with Crippen LogP contribution in [0, 0.1) is 5.82 Å². The van der Waals surface area contributed by atoms with Gasteiger partial charge < -0.3 is 10.1 Å². The van der Waals surface area contributed by atoms with Gasteiger partial charge in [-0.2, -0.15) is 5.10 Å². The van der Waals surface area contributed by atoms with Crippen molar-refractivity contribution in [2.45, 2.75) is 5.16 Å². The number of hydrogen-bond donors (Lipinski definition) is 2. The van der Waals surface area contributed by atoms with Crippen molar-refractivity contribution in [1.82, 2.24) is 19.7 Å². The number of anilines is 1. The van der Waals surface area contributed by atoms with E-state index in [2.05, 4.69) is 20.5 Å². The smallest absolute Gasteiger partial charge is 0.269 e. The van der Waals surface area contributed by atoms with E-state index in [9.17, 15) is 14.0 Å². The molecule has 2 aromatic heterocycles. The van der Waals surface area contributed by atoms with E-state index in [-0.39, 0.29) is 32.7 Å². The molecule has 32 heavy (non-hydrogen) atoms. The Kier molecular flexibility index (Phi) is 6.35. The van der Waals surface area contributed by atoms with Gasteiger partial charge in [-0.1, -0.05) is 35.0 Å². The molecule has 12 heteroatoms. The summed E-state index contributed by atoms with van der Waals surface area (Å²) in [6.45, 7) is 0. The van der Waals surface area contributed by atoms with Crippen molar-refractivity contribution in [3.05, 3.63) is 68.8 Å². The Morgan fingerprint density at radius 1 is 1.28 bits per heavy atom. The molecule has 0 radical (unpaired) electrons. The van der Waals surface area contributed by atoms with Gasteiger partial charge in [0.25, 0.3) is 5.56 Å². The molecule has 8 nitrogen and oxygen atoms in total. The molecule has 0 aliphatic carbocycles. The van der Waals surface area contributed by atoms with Gasteiger partial charge in [-0.25, -0.2) is 9.37 Å². The quantitative estimate of drug-likeness (QED) is 0.306. The predicted molar refractivity (Wildman–Crippen MR) is 122 cm³/mol. The summed E-state index contributed by atoms with van der Waals surface area (Å²) in [7, 11) is 1.48. The number of aromatic nitrogens is 4. The highest BCUT2D eigenvalue weighted by molar-refractivity contribution is 7.99. The van der Waals surface area contributed by atoms with E-state index in [1.165, 1.54) is 30.0 Å². The Morgan fingerprint density at radius 2 is 2.09 bits per heavy atom. The third-order valence-electron chi connectivity index (χ3n) is 4.38. The Hall–Kier alpha value is -3.08. The van der Waals surface area contributed by atoms with E-state index in [1.807, 2.05) is 0 Å². The van der Waals surface area contributed by atoms with Gasteiger partial charge in [-0.15, -0.1) is 0 Å². The number of aromatic amines is 1. The number of thioether (sulfide) groups is 1. The number of carbonyl (C=O) groups excluding carboxylic acids is 1. The molecule has 164 valence electrons. The number of rotatable bonds is 6. The molecule has 2 heterocycles. The molecule has 1 amide bonds. The fourth-order valence-corrected chi connectivity index (χ4v) is 4.12. The first kappa shape index (κ1) is 22.1. The number of halogens is 3. The lowest BCUT2D eigenvalue weighted by Crippen LogP contribution is -2.22. The molecular formula is C20H14Cl2FN5O3S. The first-order chi connectivity index (χ1) is 15.4. The Labute approximate surface area is 194 Å². The second-order valence-electron chi connectivity index (χ2n) is 6.45. The van der Waals surface area contributed by atoms with E-state index in [0.717, 1.165) is 17.8 Å². The van der Waals surface area contributed by atoms with Gasteiger partial charge in [0.15, 0.2) is 10.8 Å². The SMILES string of the molecule is COc1ccc(-n2c(SCC(=O)Nc3ccc(Cl)cc3F)nc3[nH]ncc3c2=O)cc1Cl. The Morgan fingerprint density at radius 3 is 2.81 bits per heavy atom. The monoisotopic (exact) mass is 493 g/mol. The van der Waals surface area contributed by atoms with Gasteiger partial charge in [0, 0.05) is 5.02 Å². The number of carbonyl (C=O) groups is 1. The summed E-state index contributed by atoms with van der Waals surface area (Å²) in [5, 5.41) is 10.0. The van der Waals surface area contributed by atoms with E-state index in [1.54, 1.807) is 18.2 Å².